The minimum absolute atomic E-state index is 0.329. The molecule has 0 saturated carbocycles. The molecule has 2 rings (SSSR count). The van der Waals surface area contributed by atoms with Crippen LogP contribution in [0.25, 0.3) is 0 Å². The first-order chi connectivity index (χ1) is 9.54. The molecule has 0 atom stereocenters. The lowest BCUT2D eigenvalue weighted by atomic mass is 10.2. The maximum Gasteiger partial charge on any atom is 0.320 e. The Kier molecular flexibility index (Phi) is 5.39. The minimum atomic E-state index is 0.329. The standard InChI is InChI=1S/C13H16BrClN4O/c1-8(2)6-16-7-12-18-19-13(20-12)17-11-4-3-9(14)5-10(11)15/h3-5,8,16H,6-7H2,1-2H3,(H,17,19). The van der Waals surface area contributed by atoms with E-state index in [2.05, 4.69) is 50.6 Å². The maximum absolute atomic E-state index is 6.11. The van der Waals surface area contributed by atoms with Crippen molar-refractivity contribution in [3.05, 3.63) is 33.6 Å². The van der Waals surface area contributed by atoms with Gasteiger partial charge in [0.1, 0.15) is 0 Å². The molecule has 0 fully saturated rings. The van der Waals surface area contributed by atoms with Gasteiger partial charge in [0.2, 0.25) is 5.89 Å². The molecule has 2 N–H and O–H groups in total. The molecule has 7 heteroatoms. The van der Waals surface area contributed by atoms with Crippen LogP contribution in [0.1, 0.15) is 19.7 Å². The molecule has 0 spiro atoms. The summed E-state index contributed by atoms with van der Waals surface area (Å²) in [5.41, 5.74) is 0.722. The first-order valence-electron chi connectivity index (χ1n) is 6.30. The summed E-state index contributed by atoms with van der Waals surface area (Å²) < 4.78 is 6.40. The predicted octanol–water partition coefficient (Wildman–Crippen LogP) is 3.97. The Hall–Kier alpha value is -1.11. The largest absolute Gasteiger partial charge is 0.406 e. The molecule has 108 valence electrons. The maximum atomic E-state index is 6.11. The molecule has 2 aromatic rings. The van der Waals surface area contributed by atoms with E-state index >= 15 is 0 Å². The van der Waals surface area contributed by atoms with Gasteiger partial charge in [-0.2, -0.15) is 0 Å². The molecule has 1 heterocycles. The number of nitrogens with zero attached hydrogens (tertiary/aromatic N) is 2. The number of rotatable bonds is 6. The SMILES string of the molecule is CC(C)CNCc1nnc(Nc2ccc(Br)cc2Cl)o1. The number of nitrogens with one attached hydrogen (secondary N) is 2. The molecule has 0 bridgehead atoms. The van der Waals surface area contributed by atoms with Gasteiger partial charge in [0.25, 0.3) is 0 Å². The molecule has 0 aliphatic heterocycles. The summed E-state index contributed by atoms with van der Waals surface area (Å²) in [7, 11) is 0. The number of halogens is 2. The summed E-state index contributed by atoms with van der Waals surface area (Å²) in [4.78, 5) is 0. The zero-order chi connectivity index (χ0) is 14.5. The van der Waals surface area contributed by atoms with Gasteiger partial charge >= 0.3 is 6.01 Å². The van der Waals surface area contributed by atoms with Crippen LogP contribution in [0, 0.1) is 5.92 Å². The molecule has 0 amide bonds. The Bertz CT molecular complexity index is 573. The Morgan fingerprint density at radius 2 is 2.15 bits per heavy atom. The summed E-state index contributed by atoms with van der Waals surface area (Å²) in [6, 6.07) is 5.85. The van der Waals surface area contributed by atoms with Crippen LogP contribution in [0.5, 0.6) is 0 Å². The second-order valence-electron chi connectivity index (χ2n) is 4.77. The predicted molar refractivity (Wildman–Crippen MR) is 83.3 cm³/mol. The van der Waals surface area contributed by atoms with Crippen molar-refractivity contribution >= 4 is 39.2 Å². The van der Waals surface area contributed by atoms with E-state index in [1.807, 2.05) is 12.1 Å². The van der Waals surface area contributed by atoms with Gasteiger partial charge in [-0.05, 0) is 30.7 Å². The van der Waals surface area contributed by atoms with Crippen LogP contribution in [-0.2, 0) is 6.54 Å². The van der Waals surface area contributed by atoms with Crippen molar-refractivity contribution in [2.45, 2.75) is 20.4 Å². The van der Waals surface area contributed by atoms with Gasteiger partial charge in [-0.3, -0.25) is 0 Å². The normalized spacial score (nSPS) is 11.1. The number of aromatic nitrogens is 2. The highest BCUT2D eigenvalue weighted by molar-refractivity contribution is 9.10. The number of hydrogen-bond acceptors (Lipinski definition) is 5. The van der Waals surface area contributed by atoms with E-state index in [0.717, 1.165) is 16.7 Å². The summed E-state index contributed by atoms with van der Waals surface area (Å²) in [6.45, 7) is 5.75. The van der Waals surface area contributed by atoms with Gasteiger partial charge in [0, 0.05) is 4.47 Å². The fraction of sp³-hybridized carbons (Fsp3) is 0.385. The fourth-order valence-electron chi connectivity index (χ4n) is 1.55. The molecule has 0 radical (unpaired) electrons. The summed E-state index contributed by atoms with van der Waals surface area (Å²) in [5.74, 6) is 1.12. The van der Waals surface area contributed by atoms with Gasteiger partial charge in [0.15, 0.2) is 0 Å². The first-order valence-corrected chi connectivity index (χ1v) is 7.47. The third kappa shape index (κ3) is 4.47. The average Bonchev–Trinajstić information content (AvgIpc) is 2.80. The molecule has 0 unspecified atom stereocenters. The van der Waals surface area contributed by atoms with E-state index < -0.39 is 0 Å². The van der Waals surface area contributed by atoms with Crippen LogP contribution in [0.3, 0.4) is 0 Å². The Morgan fingerprint density at radius 3 is 2.85 bits per heavy atom. The summed E-state index contributed by atoms with van der Waals surface area (Å²) in [5, 5.41) is 14.7. The third-order valence-corrected chi connectivity index (χ3v) is 3.27. The molecule has 5 nitrogen and oxygen atoms in total. The van der Waals surface area contributed by atoms with Crippen molar-refractivity contribution in [2.75, 3.05) is 11.9 Å². The van der Waals surface area contributed by atoms with Gasteiger partial charge in [-0.15, -0.1) is 5.10 Å². The van der Waals surface area contributed by atoms with E-state index in [0.29, 0.717) is 29.4 Å². The smallest absolute Gasteiger partial charge is 0.320 e. The second kappa shape index (κ2) is 7.06. The lowest BCUT2D eigenvalue weighted by Crippen LogP contribution is -2.19. The van der Waals surface area contributed by atoms with Crippen LogP contribution in [-0.4, -0.2) is 16.7 Å². The Balaban J connectivity index is 1.95. The minimum Gasteiger partial charge on any atom is -0.406 e. The number of anilines is 2. The highest BCUT2D eigenvalue weighted by Crippen LogP contribution is 2.27. The molecular formula is C13H16BrClN4O. The van der Waals surface area contributed by atoms with Crippen molar-refractivity contribution in [2.24, 2.45) is 5.92 Å². The van der Waals surface area contributed by atoms with Gasteiger partial charge in [0.05, 0.1) is 17.3 Å². The van der Waals surface area contributed by atoms with Gasteiger partial charge in [-0.1, -0.05) is 46.5 Å². The van der Waals surface area contributed by atoms with Crippen LogP contribution in [0.15, 0.2) is 27.1 Å². The lowest BCUT2D eigenvalue weighted by Gasteiger charge is -2.05. The van der Waals surface area contributed by atoms with Crippen molar-refractivity contribution in [1.29, 1.82) is 0 Å². The molecular weight excluding hydrogens is 344 g/mol. The van der Waals surface area contributed by atoms with Crippen LogP contribution >= 0.6 is 27.5 Å². The molecule has 20 heavy (non-hydrogen) atoms. The lowest BCUT2D eigenvalue weighted by molar-refractivity contribution is 0.460. The Labute approximate surface area is 131 Å². The molecule has 0 aliphatic carbocycles. The van der Waals surface area contributed by atoms with Gasteiger partial charge < -0.3 is 15.1 Å². The van der Waals surface area contributed by atoms with Crippen LogP contribution in [0.2, 0.25) is 5.02 Å². The van der Waals surface area contributed by atoms with E-state index in [1.54, 1.807) is 6.07 Å². The molecule has 0 aliphatic rings. The zero-order valence-corrected chi connectivity index (χ0v) is 13.6. The highest BCUT2D eigenvalue weighted by Gasteiger charge is 2.08. The zero-order valence-electron chi connectivity index (χ0n) is 11.3. The van der Waals surface area contributed by atoms with Crippen molar-refractivity contribution in [1.82, 2.24) is 15.5 Å². The van der Waals surface area contributed by atoms with Crippen molar-refractivity contribution in [3.8, 4) is 0 Å². The van der Waals surface area contributed by atoms with Crippen molar-refractivity contribution in [3.63, 3.8) is 0 Å². The third-order valence-electron chi connectivity index (χ3n) is 2.47. The summed E-state index contributed by atoms with van der Waals surface area (Å²) in [6.07, 6.45) is 0. The van der Waals surface area contributed by atoms with E-state index in [1.165, 1.54) is 0 Å². The molecule has 1 aromatic heterocycles. The van der Waals surface area contributed by atoms with E-state index in [9.17, 15) is 0 Å². The van der Waals surface area contributed by atoms with Gasteiger partial charge in [-0.25, -0.2) is 0 Å². The van der Waals surface area contributed by atoms with Crippen LogP contribution in [0.4, 0.5) is 11.7 Å². The van der Waals surface area contributed by atoms with E-state index in [-0.39, 0.29) is 0 Å². The highest BCUT2D eigenvalue weighted by atomic mass is 79.9. The fourth-order valence-corrected chi connectivity index (χ4v) is 2.27. The van der Waals surface area contributed by atoms with E-state index in [4.69, 9.17) is 16.0 Å². The monoisotopic (exact) mass is 358 g/mol. The Morgan fingerprint density at radius 1 is 1.35 bits per heavy atom. The first kappa shape index (κ1) is 15.3. The van der Waals surface area contributed by atoms with Crippen LogP contribution < -0.4 is 10.6 Å². The number of benzene rings is 1. The molecule has 0 saturated heterocycles. The quantitative estimate of drug-likeness (QED) is 0.817. The topological polar surface area (TPSA) is 63.0 Å². The summed E-state index contributed by atoms with van der Waals surface area (Å²) >= 11 is 9.46. The second-order valence-corrected chi connectivity index (χ2v) is 6.10. The molecule has 1 aromatic carbocycles. The van der Waals surface area contributed by atoms with Crippen molar-refractivity contribution < 1.29 is 4.42 Å². The number of hydrogen-bond donors (Lipinski definition) is 2. The average molecular weight is 360 g/mol.